The standard InChI is InChI=1S/C52H32N4/c1-2-10-33(11-3-1)50-44-12-4-5-15-49(44)56-52-45(50)24-18-34-21-25-48(55-51(34)52)38-20-23-43-37(29-38)17-16-36-28-35(19-22-42(36)43)39-30-40(46-13-6-8-26-53-46)32-41(31-39)47-14-7-9-27-54-47/h1-32H. The van der Waals surface area contributed by atoms with Gasteiger partial charge in [0.15, 0.2) is 0 Å². The maximum absolute atomic E-state index is 5.32. The van der Waals surface area contributed by atoms with E-state index in [0.717, 1.165) is 77.6 Å². The molecule has 0 aliphatic carbocycles. The van der Waals surface area contributed by atoms with Crippen molar-refractivity contribution in [3.8, 4) is 56.0 Å². The first-order valence-electron chi connectivity index (χ1n) is 18.9. The Bertz CT molecular complexity index is 3230. The largest absolute Gasteiger partial charge is 0.256 e. The molecule has 56 heavy (non-hydrogen) atoms. The Balaban J connectivity index is 1.01. The molecule has 4 heterocycles. The highest BCUT2D eigenvalue weighted by Crippen LogP contribution is 2.39. The molecule has 0 saturated carbocycles. The molecular formula is C52H32N4. The van der Waals surface area contributed by atoms with Crippen LogP contribution in [0, 0.1) is 0 Å². The van der Waals surface area contributed by atoms with Gasteiger partial charge in [0.25, 0.3) is 0 Å². The lowest BCUT2D eigenvalue weighted by Gasteiger charge is -2.14. The zero-order valence-electron chi connectivity index (χ0n) is 30.3. The molecule has 0 radical (unpaired) electrons. The molecular weight excluding hydrogens is 681 g/mol. The summed E-state index contributed by atoms with van der Waals surface area (Å²) >= 11 is 0. The zero-order valence-corrected chi connectivity index (χ0v) is 30.3. The third-order valence-electron chi connectivity index (χ3n) is 10.9. The molecule has 0 saturated heterocycles. The van der Waals surface area contributed by atoms with Crippen molar-refractivity contribution in [1.29, 1.82) is 0 Å². The number of nitrogens with zero attached hydrogens (tertiary/aromatic N) is 4. The van der Waals surface area contributed by atoms with E-state index in [1.165, 1.54) is 32.7 Å². The SMILES string of the molecule is c1ccc(-c2c3ccccc3nc3c2ccc2ccc(-c4ccc5c(ccc6cc(-c7cc(-c8ccccn8)cc(-c8ccccn8)c7)ccc65)c4)nc23)cc1. The fraction of sp³-hybridized carbons (Fsp3) is 0. The molecule has 7 aromatic carbocycles. The lowest BCUT2D eigenvalue weighted by atomic mass is 9.93. The molecule has 0 bridgehead atoms. The Hall–Kier alpha value is -7.56. The number of benzene rings is 7. The fourth-order valence-electron chi connectivity index (χ4n) is 8.18. The topological polar surface area (TPSA) is 51.6 Å². The van der Waals surface area contributed by atoms with Gasteiger partial charge in [-0.3, -0.25) is 9.97 Å². The number of rotatable bonds is 5. The Morgan fingerprint density at radius 1 is 0.286 bits per heavy atom. The molecule has 4 aromatic heterocycles. The molecule has 0 amide bonds. The summed E-state index contributed by atoms with van der Waals surface area (Å²) in [6.07, 6.45) is 3.68. The van der Waals surface area contributed by atoms with E-state index in [9.17, 15) is 0 Å². The van der Waals surface area contributed by atoms with Crippen molar-refractivity contribution < 1.29 is 0 Å². The average molecular weight is 713 g/mol. The first-order chi connectivity index (χ1) is 27.7. The van der Waals surface area contributed by atoms with E-state index < -0.39 is 0 Å². The van der Waals surface area contributed by atoms with Crippen molar-refractivity contribution in [3.63, 3.8) is 0 Å². The summed E-state index contributed by atoms with van der Waals surface area (Å²) in [7, 11) is 0. The van der Waals surface area contributed by atoms with Gasteiger partial charge in [0.05, 0.1) is 33.6 Å². The molecule has 11 rings (SSSR count). The second-order valence-electron chi connectivity index (χ2n) is 14.3. The molecule has 0 aliphatic rings. The lowest BCUT2D eigenvalue weighted by molar-refractivity contribution is 1.31. The van der Waals surface area contributed by atoms with Crippen LogP contribution in [0.1, 0.15) is 0 Å². The van der Waals surface area contributed by atoms with Crippen LogP contribution in [0.2, 0.25) is 0 Å². The Kier molecular flexibility index (Phi) is 7.46. The van der Waals surface area contributed by atoms with E-state index in [1.807, 2.05) is 36.7 Å². The monoisotopic (exact) mass is 712 g/mol. The van der Waals surface area contributed by atoms with Gasteiger partial charge in [-0.1, -0.05) is 115 Å². The van der Waals surface area contributed by atoms with E-state index in [4.69, 9.17) is 9.97 Å². The summed E-state index contributed by atoms with van der Waals surface area (Å²) in [6, 6.07) is 64.3. The molecule has 4 nitrogen and oxygen atoms in total. The van der Waals surface area contributed by atoms with E-state index in [1.54, 1.807) is 0 Å². The van der Waals surface area contributed by atoms with E-state index in [2.05, 4.69) is 168 Å². The molecule has 260 valence electrons. The number of hydrogen-bond acceptors (Lipinski definition) is 4. The minimum atomic E-state index is 0.910. The van der Waals surface area contributed by atoms with Crippen LogP contribution in [0.4, 0.5) is 0 Å². The van der Waals surface area contributed by atoms with Crippen LogP contribution < -0.4 is 0 Å². The maximum atomic E-state index is 5.32. The summed E-state index contributed by atoms with van der Waals surface area (Å²) in [4.78, 5) is 19.8. The highest BCUT2D eigenvalue weighted by Gasteiger charge is 2.16. The predicted molar refractivity (Wildman–Crippen MR) is 232 cm³/mol. The molecule has 11 aromatic rings. The van der Waals surface area contributed by atoms with Crippen LogP contribution >= 0.6 is 0 Å². The number of hydrogen-bond donors (Lipinski definition) is 0. The number of fused-ring (bicyclic) bond motifs is 7. The van der Waals surface area contributed by atoms with E-state index in [0.29, 0.717) is 0 Å². The summed E-state index contributed by atoms with van der Waals surface area (Å²) in [6.45, 7) is 0. The lowest BCUT2D eigenvalue weighted by Crippen LogP contribution is -1.93. The van der Waals surface area contributed by atoms with Crippen LogP contribution in [0.15, 0.2) is 194 Å². The van der Waals surface area contributed by atoms with Crippen LogP contribution in [-0.2, 0) is 0 Å². The van der Waals surface area contributed by atoms with Gasteiger partial charge in [-0.15, -0.1) is 0 Å². The second-order valence-corrected chi connectivity index (χ2v) is 14.3. The second kappa shape index (κ2) is 13.1. The van der Waals surface area contributed by atoms with E-state index >= 15 is 0 Å². The molecule has 0 spiro atoms. The summed E-state index contributed by atoms with van der Waals surface area (Å²) in [5.74, 6) is 0. The van der Waals surface area contributed by atoms with Gasteiger partial charge < -0.3 is 0 Å². The van der Waals surface area contributed by atoms with E-state index in [-0.39, 0.29) is 0 Å². The van der Waals surface area contributed by atoms with Crippen LogP contribution in [-0.4, -0.2) is 19.9 Å². The number of para-hydroxylation sites is 1. The third-order valence-corrected chi connectivity index (χ3v) is 10.9. The van der Waals surface area contributed by atoms with Crippen molar-refractivity contribution in [2.45, 2.75) is 0 Å². The van der Waals surface area contributed by atoms with Gasteiger partial charge in [-0.25, -0.2) is 9.97 Å². The maximum Gasteiger partial charge on any atom is 0.0978 e. The molecule has 0 aliphatic heterocycles. The summed E-state index contributed by atoms with van der Waals surface area (Å²) in [5.41, 5.74) is 13.4. The minimum absolute atomic E-state index is 0.910. The van der Waals surface area contributed by atoms with Crippen molar-refractivity contribution >= 4 is 54.3 Å². The van der Waals surface area contributed by atoms with Gasteiger partial charge in [0.1, 0.15) is 0 Å². The third kappa shape index (κ3) is 5.47. The predicted octanol–water partition coefficient (Wildman–Crippen LogP) is 13.4. The molecule has 0 N–H and O–H groups in total. The van der Waals surface area contributed by atoms with Gasteiger partial charge in [0, 0.05) is 50.8 Å². The number of pyridine rings is 4. The van der Waals surface area contributed by atoms with Crippen molar-refractivity contribution in [2.24, 2.45) is 0 Å². The molecule has 0 unspecified atom stereocenters. The summed E-state index contributed by atoms with van der Waals surface area (Å²) in [5, 5.41) is 8.10. The van der Waals surface area contributed by atoms with Crippen LogP contribution in [0.25, 0.3) is 110 Å². The normalized spacial score (nSPS) is 11.6. The average Bonchev–Trinajstić information content (AvgIpc) is 3.28. The molecule has 4 heteroatoms. The van der Waals surface area contributed by atoms with Gasteiger partial charge in [-0.2, -0.15) is 0 Å². The van der Waals surface area contributed by atoms with Crippen molar-refractivity contribution in [1.82, 2.24) is 19.9 Å². The quantitative estimate of drug-likeness (QED) is 0.132. The van der Waals surface area contributed by atoms with Crippen molar-refractivity contribution in [2.75, 3.05) is 0 Å². The highest BCUT2D eigenvalue weighted by molar-refractivity contribution is 6.16. The summed E-state index contributed by atoms with van der Waals surface area (Å²) < 4.78 is 0. The smallest absolute Gasteiger partial charge is 0.0978 e. The van der Waals surface area contributed by atoms with Crippen molar-refractivity contribution in [3.05, 3.63) is 194 Å². The minimum Gasteiger partial charge on any atom is -0.256 e. The molecule has 0 atom stereocenters. The van der Waals surface area contributed by atoms with Crippen LogP contribution in [0.5, 0.6) is 0 Å². The molecule has 0 fully saturated rings. The first kappa shape index (κ1) is 31.9. The van der Waals surface area contributed by atoms with Gasteiger partial charge in [0.2, 0.25) is 0 Å². The highest BCUT2D eigenvalue weighted by atomic mass is 14.8. The Morgan fingerprint density at radius 2 is 0.875 bits per heavy atom. The Morgan fingerprint density at radius 3 is 1.59 bits per heavy atom. The number of aromatic nitrogens is 4. The first-order valence-corrected chi connectivity index (χ1v) is 18.9. The van der Waals surface area contributed by atoms with Gasteiger partial charge in [-0.05, 0) is 105 Å². The fourth-order valence-corrected chi connectivity index (χ4v) is 8.18. The van der Waals surface area contributed by atoms with Crippen LogP contribution in [0.3, 0.4) is 0 Å². The zero-order chi connectivity index (χ0) is 37.0. The Labute approximate surface area is 323 Å². The van der Waals surface area contributed by atoms with Gasteiger partial charge >= 0.3 is 0 Å².